The van der Waals surface area contributed by atoms with Crippen molar-refractivity contribution in [3.05, 3.63) is 115 Å². The van der Waals surface area contributed by atoms with Crippen molar-refractivity contribution in [3.8, 4) is 0 Å². The molecular formula is C30H19BrN4O8. The second-order valence-corrected chi connectivity index (χ2v) is 11.8. The summed E-state index contributed by atoms with van der Waals surface area (Å²) >= 11 is 3.39. The highest BCUT2D eigenvalue weighted by molar-refractivity contribution is 9.10. The first-order valence-electron chi connectivity index (χ1n) is 13.3. The SMILES string of the molecule is O=C1C2C3C=CC(c4ccc(Br)cc4)(C2C(=O)N1c1ccccc1[N+](=O)[O-])C1C(=O)N(c2ccccc2[N+](=O)[O-])C(=O)C31. The van der Waals surface area contributed by atoms with E-state index in [1.54, 1.807) is 36.4 Å². The van der Waals surface area contributed by atoms with Crippen LogP contribution in [0.5, 0.6) is 0 Å². The Balaban J connectivity index is 1.45. The number of benzene rings is 3. The van der Waals surface area contributed by atoms with Gasteiger partial charge in [0, 0.05) is 27.9 Å². The molecule has 3 fully saturated rings. The molecule has 0 spiro atoms. The van der Waals surface area contributed by atoms with E-state index in [1.807, 2.05) is 0 Å². The van der Waals surface area contributed by atoms with Crippen molar-refractivity contribution < 1.29 is 29.0 Å². The number of rotatable bonds is 5. The molecule has 2 aliphatic heterocycles. The number of imide groups is 2. The van der Waals surface area contributed by atoms with Crippen LogP contribution in [0, 0.1) is 49.8 Å². The van der Waals surface area contributed by atoms with Crippen molar-refractivity contribution in [3.63, 3.8) is 0 Å². The predicted octanol–water partition coefficient (Wildman–Crippen LogP) is 4.31. The Morgan fingerprint density at radius 3 is 1.53 bits per heavy atom. The smallest absolute Gasteiger partial charge is 0.274 e. The molecule has 0 aromatic heterocycles. The molecule has 4 unspecified atom stereocenters. The summed E-state index contributed by atoms with van der Waals surface area (Å²) in [6.45, 7) is 0. The minimum atomic E-state index is -1.50. The van der Waals surface area contributed by atoms with Crippen LogP contribution < -0.4 is 9.80 Å². The summed E-state index contributed by atoms with van der Waals surface area (Å²) in [5.41, 5.74) is -2.25. The molecular weight excluding hydrogens is 624 g/mol. The number of anilines is 2. The number of nitro groups is 2. The van der Waals surface area contributed by atoms with E-state index in [0.29, 0.717) is 10.0 Å². The molecule has 3 aromatic carbocycles. The van der Waals surface area contributed by atoms with Crippen molar-refractivity contribution in [2.75, 3.05) is 9.80 Å². The Bertz CT molecular complexity index is 1740. The summed E-state index contributed by atoms with van der Waals surface area (Å²) in [5, 5.41) is 23.7. The summed E-state index contributed by atoms with van der Waals surface area (Å²) in [6, 6.07) is 17.7. The zero-order chi connectivity index (χ0) is 30.4. The summed E-state index contributed by atoms with van der Waals surface area (Å²) in [5.74, 6) is -8.30. The van der Waals surface area contributed by atoms with E-state index in [-0.39, 0.29) is 11.4 Å². The van der Waals surface area contributed by atoms with Gasteiger partial charge in [0.1, 0.15) is 11.4 Å². The van der Waals surface area contributed by atoms with Gasteiger partial charge in [0.15, 0.2) is 0 Å². The lowest BCUT2D eigenvalue weighted by Gasteiger charge is -2.53. The Labute approximate surface area is 251 Å². The van der Waals surface area contributed by atoms with E-state index >= 15 is 0 Å². The number of nitrogens with zero attached hydrogens (tertiary/aromatic N) is 4. The highest BCUT2D eigenvalue weighted by atomic mass is 79.9. The van der Waals surface area contributed by atoms with Gasteiger partial charge in [-0.25, -0.2) is 9.80 Å². The molecule has 13 heteroatoms. The average molecular weight is 643 g/mol. The number of carbonyl (C=O) groups excluding carboxylic acids is 4. The normalized spacial score (nSPS) is 28.8. The minimum absolute atomic E-state index is 0.188. The number of amides is 4. The molecule has 4 amide bonds. The molecule has 4 atom stereocenters. The van der Waals surface area contributed by atoms with E-state index in [0.717, 1.165) is 9.80 Å². The second kappa shape index (κ2) is 9.23. The van der Waals surface area contributed by atoms with Crippen LogP contribution in [-0.4, -0.2) is 33.5 Å². The summed E-state index contributed by atoms with van der Waals surface area (Å²) in [7, 11) is 0. The number of para-hydroxylation sites is 4. The molecule has 3 aliphatic carbocycles. The average Bonchev–Trinajstić information content (AvgIpc) is 3.44. The molecule has 2 heterocycles. The van der Waals surface area contributed by atoms with Crippen molar-refractivity contribution in [2.45, 2.75) is 5.41 Å². The molecule has 1 saturated carbocycles. The number of hydrogen-bond donors (Lipinski definition) is 0. The van der Waals surface area contributed by atoms with Crippen LogP contribution in [0.4, 0.5) is 22.7 Å². The highest BCUT2D eigenvalue weighted by Gasteiger charge is 2.75. The topological polar surface area (TPSA) is 161 Å². The Hall–Kier alpha value is -5.04. The van der Waals surface area contributed by atoms with Gasteiger partial charge in [0.05, 0.1) is 33.5 Å². The van der Waals surface area contributed by atoms with E-state index in [4.69, 9.17) is 0 Å². The fourth-order valence-electron chi connectivity index (χ4n) is 7.58. The molecule has 0 N–H and O–H groups in total. The lowest BCUT2D eigenvalue weighted by molar-refractivity contribution is -0.384. The molecule has 8 rings (SSSR count). The first-order valence-corrected chi connectivity index (χ1v) is 14.1. The zero-order valence-electron chi connectivity index (χ0n) is 21.9. The van der Waals surface area contributed by atoms with E-state index in [1.165, 1.54) is 48.5 Å². The number of hydrogen-bond acceptors (Lipinski definition) is 8. The van der Waals surface area contributed by atoms with Crippen LogP contribution in [-0.2, 0) is 24.6 Å². The van der Waals surface area contributed by atoms with Gasteiger partial charge in [0.25, 0.3) is 11.4 Å². The first-order chi connectivity index (χ1) is 20.6. The van der Waals surface area contributed by atoms with Crippen LogP contribution in [0.3, 0.4) is 0 Å². The van der Waals surface area contributed by atoms with Gasteiger partial charge >= 0.3 is 0 Å². The molecule has 12 nitrogen and oxygen atoms in total. The Kier molecular flexibility index (Phi) is 5.76. The van der Waals surface area contributed by atoms with Gasteiger partial charge in [-0.3, -0.25) is 39.4 Å². The van der Waals surface area contributed by atoms with Gasteiger partial charge in [-0.15, -0.1) is 0 Å². The lowest BCUT2D eigenvalue weighted by Crippen LogP contribution is -2.60. The quantitative estimate of drug-likeness (QED) is 0.172. The summed E-state index contributed by atoms with van der Waals surface area (Å²) < 4.78 is 0.708. The summed E-state index contributed by atoms with van der Waals surface area (Å²) in [6.07, 6.45) is 3.37. The molecule has 43 heavy (non-hydrogen) atoms. The molecule has 214 valence electrons. The Morgan fingerprint density at radius 1 is 0.651 bits per heavy atom. The van der Waals surface area contributed by atoms with Crippen LogP contribution in [0.1, 0.15) is 5.56 Å². The van der Waals surface area contributed by atoms with Crippen LogP contribution in [0.2, 0.25) is 0 Å². The predicted molar refractivity (Wildman–Crippen MR) is 154 cm³/mol. The standard InChI is InChI=1S/C30H19BrN4O8/c31-16-11-9-15(10-12-16)30-14-13-17(22-24(30)28(38)32(26(22)36)18-5-1-3-7-20(18)34(40)41)23-25(30)29(39)33(27(23)37)19-6-2-4-8-21(19)35(42)43/h1-14,17,22-25H. The third kappa shape index (κ3) is 3.42. The maximum atomic E-state index is 14.4. The number of nitro benzene ring substituents is 2. The van der Waals surface area contributed by atoms with Gasteiger partial charge in [-0.2, -0.15) is 0 Å². The maximum absolute atomic E-state index is 14.4. The molecule has 2 saturated heterocycles. The number of allylic oxidation sites excluding steroid dienone is 2. The van der Waals surface area contributed by atoms with Gasteiger partial charge in [0.2, 0.25) is 23.6 Å². The van der Waals surface area contributed by atoms with E-state index in [2.05, 4.69) is 15.9 Å². The lowest BCUT2D eigenvalue weighted by atomic mass is 9.45. The van der Waals surface area contributed by atoms with Crippen molar-refractivity contribution in [1.82, 2.24) is 0 Å². The monoisotopic (exact) mass is 642 g/mol. The fraction of sp³-hybridized carbons (Fsp3) is 0.200. The molecule has 0 radical (unpaired) electrons. The fourth-order valence-corrected chi connectivity index (χ4v) is 7.84. The number of carbonyl (C=O) groups is 4. The molecule has 2 bridgehead atoms. The molecule has 5 aliphatic rings. The van der Waals surface area contributed by atoms with E-state index in [9.17, 15) is 39.4 Å². The van der Waals surface area contributed by atoms with Gasteiger partial charge in [-0.1, -0.05) is 64.5 Å². The number of halogens is 1. The third-order valence-corrected chi connectivity index (χ3v) is 9.67. The van der Waals surface area contributed by atoms with E-state index < -0.39 is 79.9 Å². The van der Waals surface area contributed by atoms with Crippen molar-refractivity contribution in [2.24, 2.45) is 29.6 Å². The maximum Gasteiger partial charge on any atom is 0.293 e. The minimum Gasteiger partial charge on any atom is -0.274 e. The van der Waals surface area contributed by atoms with Gasteiger partial charge < -0.3 is 0 Å². The van der Waals surface area contributed by atoms with Crippen LogP contribution in [0.25, 0.3) is 0 Å². The largest absolute Gasteiger partial charge is 0.293 e. The van der Waals surface area contributed by atoms with Crippen molar-refractivity contribution in [1.29, 1.82) is 0 Å². The zero-order valence-corrected chi connectivity index (χ0v) is 23.5. The van der Waals surface area contributed by atoms with Crippen LogP contribution >= 0.6 is 15.9 Å². The summed E-state index contributed by atoms with van der Waals surface area (Å²) in [4.78, 5) is 81.0. The first kappa shape index (κ1) is 26.8. The highest BCUT2D eigenvalue weighted by Crippen LogP contribution is 2.65. The second-order valence-electron chi connectivity index (χ2n) is 10.9. The van der Waals surface area contributed by atoms with Gasteiger partial charge in [-0.05, 0) is 29.8 Å². The third-order valence-electron chi connectivity index (χ3n) is 9.14. The molecule has 3 aromatic rings. The van der Waals surface area contributed by atoms with Crippen molar-refractivity contribution >= 4 is 62.3 Å². The van der Waals surface area contributed by atoms with Crippen LogP contribution in [0.15, 0.2) is 89.4 Å². The Morgan fingerprint density at radius 2 is 1.09 bits per heavy atom.